The summed E-state index contributed by atoms with van der Waals surface area (Å²) in [5.41, 5.74) is 0. The Morgan fingerprint density at radius 2 is 1.17 bits per heavy atom. The molecule has 1 aliphatic rings. The van der Waals surface area contributed by atoms with Crippen molar-refractivity contribution in [1.29, 1.82) is 0 Å². The summed E-state index contributed by atoms with van der Waals surface area (Å²) in [5.74, 6) is -0.412. The van der Waals surface area contributed by atoms with Crippen LogP contribution in [0.2, 0.25) is 0 Å². The lowest BCUT2D eigenvalue weighted by Crippen LogP contribution is -2.60. The zero-order valence-corrected chi connectivity index (χ0v) is 34.4. The fraction of sp³-hybridized carbons (Fsp3) is 0.878. The Kier molecular flexibility index (Phi) is 31.6. The average molecular weight is 793 g/mol. The highest BCUT2D eigenvalue weighted by atomic mass is 32.3. The largest absolute Gasteiger partial charge is 0.457 e. The van der Waals surface area contributed by atoms with Crippen LogP contribution >= 0.6 is 0 Å². The molecule has 1 heterocycles. The maximum absolute atomic E-state index is 12.8. The van der Waals surface area contributed by atoms with E-state index in [0.717, 1.165) is 64.2 Å². The number of hydrogen-bond acceptors (Lipinski definition) is 11. The van der Waals surface area contributed by atoms with Crippen molar-refractivity contribution >= 4 is 16.4 Å². The standard InChI is InChI=1S/C41H76O12S/c1-3-5-7-9-11-13-15-17-18-19-21-23-25-27-29-31-49-33-35(51-37(43)30-28-26-24-22-20-16-14-12-10-8-6-4-2)34-50-41-39(45)40(53-54(46,47)48)38(44)36(32-42)52-41/h12,14-15,17,35-36,38-42,44-45H,3-11,13,16,18-34H2,1-2H3,(H,46,47,48)/b14-12-,17-15-. The third kappa shape index (κ3) is 27.2. The van der Waals surface area contributed by atoms with Gasteiger partial charge in [-0.15, -0.1) is 0 Å². The maximum atomic E-state index is 12.8. The lowest BCUT2D eigenvalue weighted by Gasteiger charge is -2.41. The second-order valence-electron chi connectivity index (χ2n) is 14.6. The van der Waals surface area contributed by atoms with E-state index in [1.807, 2.05) is 0 Å². The van der Waals surface area contributed by atoms with Crippen molar-refractivity contribution in [2.45, 2.75) is 205 Å². The summed E-state index contributed by atoms with van der Waals surface area (Å²) in [7, 11) is -5.06. The number of carbonyl (C=O) groups is 1. The van der Waals surface area contributed by atoms with E-state index in [-0.39, 0.29) is 19.6 Å². The van der Waals surface area contributed by atoms with Gasteiger partial charge in [-0.25, -0.2) is 4.18 Å². The Bertz CT molecular complexity index is 1050. The fourth-order valence-corrected chi connectivity index (χ4v) is 6.82. The van der Waals surface area contributed by atoms with Gasteiger partial charge in [-0.3, -0.25) is 9.35 Å². The molecule has 0 aliphatic carbocycles. The molecule has 0 aromatic carbocycles. The lowest BCUT2D eigenvalue weighted by atomic mass is 9.99. The molecule has 6 unspecified atom stereocenters. The van der Waals surface area contributed by atoms with Crippen LogP contribution in [0.5, 0.6) is 0 Å². The van der Waals surface area contributed by atoms with E-state index in [1.165, 1.54) is 77.0 Å². The molecule has 1 rings (SSSR count). The molecule has 1 saturated heterocycles. The number of aliphatic hydroxyl groups is 3. The minimum absolute atomic E-state index is 0.0302. The molecule has 0 amide bonds. The first kappa shape index (κ1) is 50.6. The fourth-order valence-electron chi connectivity index (χ4n) is 6.31. The van der Waals surface area contributed by atoms with Gasteiger partial charge in [-0.05, 0) is 64.2 Å². The van der Waals surface area contributed by atoms with Gasteiger partial charge in [-0.1, -0.05) is 122 Å². The number of ether oxygens (including phenoxy) is 4. The molecule has 1 aliphatic heterocycles. The van der Waals surface area contributed by atoms with Crippen molar-refractivity contribution in [1.82, 2.24) is 0 Å². The molecule has 4 N–H and O–H groups in total. The summed E-state index contributed by atoms with van der Waals surface area (Å²) >= 11 is 0. The van der Waals surface area contributed by atoms with E-state index >= 15 is 0 Å². The number of esters is 1. The van der Waals surface area contributed by atoms with Gasteiger partial charge in [0.25, 0.3) is 0 Å². The number of aliphatic hydroxyl groups excluding tert-OH is 3. The molecular weight excluding hydrogens is 717 g/mol. The van der Waals surface area contributed by atoms with Crippen LogP contribution in [0.3, 0.4) is 0 Å². The molecule has 12 nitrogen and oxygen atoms in total. The van der Waals surface area contributed by atoms with E-state index in [2.05, 4.69) is 42.3 Å². The Morgan fingerprint density at radius 1 is 0.685 bits per heavy atom. The zero-order chi connectivity index (χ0) is 39.7. The minimum atomic E-state index is -5.06. The van der Waals surface area contributed by atoms with Crippen LogP contribution in [0.4, 0.5) is 0 Å². The van der Waals surface area contributed by atoms with Crippen LogP contribution in [-0.4, -0.2) is 97.5 Å². The van der Waals surface area contributed by atoms with Crippen LogP contribution < -0.4 is 0 Å². The molecule has 0 bridgehead atoms. The van der Waals surface area contributed by atoms with Gasteiger partial charge in [0.2, 0.25) is 0 Å². The highest BCUT2D eigenvalue weighted by Crippen LogP contribution is 2.26. The number of allylic oxidation sites excluding steroid dienone is 4. The third-order valence-electron chi connectivity index (χ3n) is 9.55. The number of rotatable bonds is 36. The van der Waals surface area contributed by atoms with Gasteiger partial charge in [0.15, 0.2) is 6.29 Å². The van der Waals surface area contributed by atoms with Gasteiger partial charge in [0.05, 0.1) is 19.8 Å². The van der Waals surface area contributed by atoms with Crippen molar-refractivity contribution in [2.75, 3.05) is 26.4 Å². The highest BCUT2D eigenvalue weighted by molar-refractivity contribution is 7.80. The first-order valence-corrected chi connectivity index (χ1v) is 22.5. The monoisotopic (exact) mass is 793 g/mol. The second-order valence-corrected chi connectivity index (χ2v) is 15.6. The molecular formula is C41H76O12S. The maximum Gasteiger partial charge on any atom is 0.397 e. The Labute approximate surface area is 327 Å². The van der Waals surface area contributed by atoms with E-state index in [4.69, 9.17) is 23.5 Å². The van der Waals surface area contributed by atoms with Gasteiger partial charge < -0.3 is 34.3 Å². The zero-order valence-electron chi connectivity index (χ0n) is 33.5. The summed E-state index contributed by atoms with van der Waals surface area (Å²) in [6, 6.07) is 0. The van der Waals surface area contributed by atoms with Gasteiger partial charge in [0.1, 0.15) is 30.5 Å². The number of carbonyl (C=O) groups excluding carboxylic acids is 1. The van der Waals surface area contributed by atoms with Crippen LogP contribution in [-0.2, 0) is 38.3 Å². The van der Waals surface area contributed by atoms with E-state index in [9.17, 15) is 28.5 Å². The molecule has 0 radical (unpaired) electrons. The molecule has 6 atom stereocenters. The molecule has 0 aromatic rings. The topological polar surface area (TPSA) is 178 Å². The van der Waals surface area contributed by atoms with E-state index in [1.54, 1.807) is 0 Å². The molecule has 13 heteroatoms. The summed E-state index contributed by atoms with van der Waals surface area (Å²) in [6.07, 6.45) is 26.4. The van der Waals surface area contributed by atoms with Crippen molar-refractivity contribution in [3.63, 3.8) is 0 Å². The van der Waals surface area contributed by atoms with Crippen LogP contribution in [0.15, 0.2) is 24.3 Å². The highest BCUT2D eigenvalue weighted by Gasteiger charge is 2.48. The summed E-state index contributed by atoms with van der Waals surface area (Å²) in [6.45, 7) is 3.92. The second kappa shape index (κ2) is 33.7. The molecule has 0 aromatic heterocycles. The Morgan fingerprint density at radius 3 is 1.70 bits per heavy atom. The molecule has 0 saturated carbocycles. The number of unbranched alkanes of at least 4 members (excludes halogenated alkanes) is 19. The lowest BCUT2D eigenvalue weighted by molar-refractivity contribution is -0.301. The predicted molar refractivity (Wildman–Crippen MR) is 211 cm³/mol. The van der Waals surface area contributed by atoms with Crippen molar-refractivity contribution in [2.24, 2.45) is 0 Å². The predicted octanol–water partition coefficient (Wildman–Crippen LogP) is 8.07. The number of hydrogen-bond donors (Lipinski definition) is 4. The van der Waals surface area contributed by atoms with Gasteiger partial charge in [-0.2, -0.15) is 8.42 Å². The van der Waals surface area contributed by atoms with E-state index in [0.29, 0.717) is 13.0 Å². The van der Waals surface area contributed by atoms with Crippen molar-refractivity contribution in [3.8, 4) is 0 Å². The van der Waals surface area contributed by atoms with Crippen LogP contribution in [0, 0.1) is 0 Å². The first-order chi connectivity index (χ1) is 26.1. The minimum Gasteiger partial charge on any atom is -0.457 e. The van der Waals surface area contributed by atoms with Crippen LogP contribution in [0.25, 0.3) is 0 Å². The Balaban J connectivity index is 2.47. The van der Waals surface area contributed by atoms with Crippen LogP contribution in [0.1, 0.15) is 168 Å². The molecule has 318 valence electrons. The summed E-state index contributed by atoms with van der Waals surface area (Å²) in [4.78, 5) is 12.8. The third-order valence-corrected chi connectivity index (χ3v) is 10.0. The molecule has 0 spiro atoms. The molecule has 54 heavy (non-hydrogen) atoms. The van der Waals surface area contributed by atoms with Gasteiger partial charge >= 0.3 is 16.4 Å². The van der Waals surface area contributed by atoms with E-state index < -0.39 is 59.8 Å². The SMILES string of the molecule is CCCCC/C=C\CCCCCCCC(=O)OC(COCCCCCCCC/C=C\CCCCCCC)COC1OC(CO)C(O)C(OS(=O)(=O)O)C1O. The average Bonchev–Trinajstić information content (AvgIpc) is 3.14. The smallest absolute Gasteiger partial charge is 0.397 e. The normalized spacial score (nSPS) is 21.3. The Hall–Kier alpha value is -1.42. The summed E-state index contributed by atoms with van der Waals surface area (Å²) < 4.78 is 58.9. The quantitative estimate of drug-likeness (QED) is 0.0208. The van der Waals surface area contributed by atoms with Gasteiger partial charge in [0, 0.05) is 13.0 Å². The van der Waals surface area contributed by atoms with Crippen molar-refractivity contribution < 1.29 is 56.2 Å². The summed E-state index contributed by atoms with van der Waals surface area (Å²) in [5, 5.41) is 30.6. The van der Waals surface area contributed by atoms with Crippen molar-refractivity contribution in [3.05, 3.63) is 24.3 Å². The first-order valence-electron chi connectivity index (χ1n) is 21.1. The molecule has 1 fully saturated rings.